The Morgan fingerprint density at radius 3 is 2.17 bits per heavy atom. The third-order valence-corrected chi connectivity index (χ3v) is 6.14. The lowest BCUT2D eigenvalue weighted by Gasteiger charge is -2.49. The molecular weight excluding hydrogens is 370 g/mol. The molecule has 1 saturated heterocycles. The maximum absolute atomic E-state index is 13.0. The second-order valence-corrected chi connectivity index (χ2v) is 8.26. The number of rotatable bonds is 6. The molecule has 0 amide bonds. The minimum atomic E-state index is -0.490. The topological polar surface area (TPSA) is 29.5 Å². The third-order valence-electron chi connectivity index (χ3n) is 6.14. The van der Waals surface area contributed by atoms with E-state index in [1.165, 1.54) is 5.56 Å². The summed E-state index contributed by atoms with van der Waals surface area (Å²) in [6, 6.07) is 30.6. The van der Waals surface area contributed by atoms with Crippen LogP contribution in [0.25, 0.3) is 0 Å². The van der Waals surface area contributed by atoms with Gasteiger partial charge in [0.25, 0.3) is 0 Å². The van der Waals surface area contributed by atoms with Gasteiger partial charge in [0.05, 0.1) is 12.6 Å². The van der Waals surface area contributed by atoms with Gasteiger partial charge in [-0.15, -0.1) is 0 Å². The van der Waals surface area contributed by atoms with E-state index < -0.39 is 5.60 Å². The zero-order valence-electron chi connectivity index (χ0n) is 17.7. The molecular formula is C27H29NO2. The van der Waals surface area contributed by atoms with Gasteiger partial charge < -0.3 is 4.74 Å². The largest absolute Gasteiger partial charge is 0.367 e. The molecule has 3 nitrogen and oxygen atoms in total. The summed E-state index contributed by atoms with van der Waals surface area (Å²) in [5.41, 5.74) is 2.66. The van der Waals surface area contributed by atoms with Crippen LogP contribution in [0.2, 0.25) is 0 Å². The minimum absolute atomic E-state index is 0.0286. The quantitative estimate of drug-likeness (QED) is 0.513. The molecule has 4 rings (SSSR count). The van der Waals surface area contributed by atoms with Gasteiger partial charge >= 0.3 is 0 Å². The van der Waals surface area contributed by atoms with Crippen LogP contribution in [0.1, 0.15) is 41.4 Å². The van der Waals surface area contributed by atoms with E-state index in [2.05, 4.69) is 60.4 Å². The number of carbonyl (C=O) groups is 1. The van der Waals surface area contributed by atoms with Gasteiger partial charge in [0.2, 0.25) is 0 Å². The molecule has 3 unspecified atom stereocenters. The highest BCUT2D eigenvalue weighted by Crippen LogP contribution is 2.45. The lowest BCUT2D eigenvalue weighted by atomic mass is 9.81. The van der Waals surface area contributed by atoms with Crippen LogP contribution >= 0.6 is 0 Å². The van der Waals surface area contributed by atoms with Crippen LogP contribution in [0.3, 0.4) is 0 Å². The first-order valence-electron chi connectivity index (χ1n) is 10.7. The molecule has 3 heteroatoms. The molecule has 0 N–H and O–H groups in total. The first kappa shape index (κ1) is 20.5. The summed E-state index contributed by atoms with van der Waals surface area (Å²) in [6.45, 7) is 6.34. The van der Waals surface area contributed by atoms with Crippen molar-refractivity contribution in [2.24, 2.45) is 5.92 Å². The van der Waals surface area contributed by atoms with E-state index in [9.17, 15) is 4.79 Å². The number of hydrogen-bond donors (Lipinski definition) is 0. The predicted molar refractivity (Wildman–Crippen MR) is 120 cm³/mol. The van der Waals surface area contributed by atoms with Crippen molar-refractivity contribution in [1.29, 1.82) is 0 Å². The van der Waals surface area contributed by atoms with Crippen LogP contribution < -0.4 is 0 Å². The highest BCUT2D eigenvalue weighted by atomic mass is 16.5. The monoisotopic (exact) mass is 399 g/mol. The lowest BCUT2D eigenvalue weighted by Crippen LogP contribution is -2.52. The fourth-order valence-corrected chi connectivity index (χ4v) is 4.62. The number of benzene rings is 3. The predicted octanol–water partition coefficient (Wildman–Crippen LogP) is 5.49. The van der Waals surface area contributed by atoms with Gasteiger partial charge in [-0.3, -0.25) is 9.69 Å². The summed E-state index contributed by atoms with van der Waals surface area (Å²) < 4.78 is 6.45. The molecule has 3 aromatic carbocycles. The lowest BCUT2D eigenvalue weighted by molar-refractivity contribution is -0.148. The van der Waals surface area contributed by atoms with Gasteiger partial charge in [-0.25, -0.2) is 0 Å². The van der Waals surface area contributed by atoms with Crippen LogP contribution in [-0.4, -0.2) is 30.4 Å². The standard InChI is InChI=1S/C27H29NO2/c1-21(25(29)22-12-6-3-7-13-22)20-28-18-19-30-27(2,24-16-10-5-11-17-24)26(28)23-14-8-4-9-15-23/h3-17,21,26H,18-20H2,1-2H3. The zero-order valence-corrected chi connectivity index (χ0v) is 17.7. The summed E-state index contributed by atoms with van der Waals surface area (Å²) >= 11 is 0. The number of nitrogens with zero attached hydrogens (tertiary/aromatic N) is 1. The third kappa shape index (κ3) is 4.09. The van der Waals surface area contributed by atoms with Crippen LogP contribution in [0, 0.1) is 5.92 Å². The maximum atomic E-state index is 13.0. The second kappa shape index (κ2) is 8.95. The Kier molecular flexibility index (Phi) is 6.12. The van der Waals surface area contributed by atoms with Crippen LogP contribution in [0.4, 0.5) is 0 Å². The number of carbonyl (C=O) groups excluding carboxylic acids is 1. The molecule has 1 heterocycles. The Balaban J connectivity index is 1.66. The van der Waals surface area contributed by atoms with E-state index in [4.69, 9.17) is 4.74 Å². The summed E-state index contributed by atoms with van der Waals surface area (Å²) in [7, 11) is 0. The Morgan fingerprint density at radius 2 is 1.53 bits per heavy atom. The number of Topliss-reactive ketones (excluding diaryl/α,β-unsaturated/α-hetero) is 1. The van der Waals surface area contributed by atoms with Crippen molar-refractivity contribution in [2.75, 3.05) is 19.7 Å². The van der Waals surface area contributed by atoms with Gasteiger partial charge in [-0.2, -0.15) is 0 Å². The SMILES string of the molecule is CC(CN1CCOC(C)(c2ccccc2)C1c1ccccc1)C(=O)c1ccccc1. The number of ketones is 1. The molecule has 3 atom stereocenters. The van der Waals surface area contributed by atoms with Crippen LogP contribution in [-0.2, 0) is 10.3 Å². The summed E-state index contributed by atoms with van der Waals surface area (Å²) in [4.78, 5) is 15.5. The number of ether oxygens (including phenoxy) is 1. The summed E-state index contributed by atoms with van der Waals surface area (Å²) in [5.74, 6) is 0.0899. The number of morpholine rings is 1. The van der Waals surface area contributed by atoms with Crippen molar-refractivity contribution in [3.8, 4) is 0 Å². The van der Waals surface area contributed by atoms with Crippen LogP contribution in [0.15, 0.2) is 91.0 Å². The van der Waals surface area contributed by atoms with E-state index in [0.29, 0.717) is 13.2 Å². The van der Waals surface area contributed by atoms with E-state index in [1.54, 1.807) is 0 Å². The first-order chi connectivity index (χ1) is 14.6. The Bertz CT molecular complexity index is 958. The molecule has 3 aromatic rings. The minimum Gasteiger partial charge on any atom is -0.367 e. The molecule has 0 saturated carbocycles. The molecule has 1 fully saturated rings. The molecule has 0 bridgehead atoms. The van der Waals surface area contributed by atoms with Crippen molar-refractivity contribution in [3.63, 3.8) is 0 Å². The van der Waals surface area contributed by atoms with Gasteiger partial charge in [-0.1, -0.05) is 97.9 Å². The molecule has 0 aromatic heterocycles. The highest BCUT2D eigenvalue weighted by molar-refractivity contribution is 5.97. The number of hydrogen-bond acceptors (Lipinski definition) is 3. The van der Waals surface area contributed by atoms with Crippen molar-refractivity contribution in [1.82, 2.24) is 4.90 Å². The molecule has 0 radical (unpaired) electrons. The van der Waals surface area contributed by atoms with Gasteiger partial charge in [-0.05, 0) is 18.1 Å². The second-order valence-electron chi connectivity index (χ2n) is 8.26. The maximum Gasteiger partial charge on any atom is 0.166 e. The summed E-state index contributed by atoms with van der Waals surface area (Å²) in [5, 5.41) is 0. The van der Waals surface area contributed by atoms with E-state index in [1.807, 2.05) is 49.4 Å². The Labute approximate surface area is 179 Å². The Hall–Kier alpha value is -2.75. The molecule has 0 spiro atoms. The van der Waals surface area contributed by atoms with Crippen molar-refractivity contribution in [3.05, 3.63) is 108 Å². The van der Waals surface area contributed by atoms with Gasteiger partial charge in [0.1, 0.15) is 5.60 Å². The Morgan fingerprint density at radius 1 is 0.967 bits per heavy atom. The fourth-order valence-electron chi connectivity index (χ4n) is 4.62. The average Bonchev–Trinajstić information content (AvgIpc) is 2.80. The van der Waals surface area contributed by atoms with Crippen LogP contribution in [0.5, 0.6) is 0 Å². The smallest absolute Gasteiger partial charge is 0.166 e. The molecule has 154 valence electrons. The molecule has 1 aliphatic rings. The van der Waals surface area contributed by atoms with E-state index in [0.717, 1.165) is 17.7 Å². The van der Waals surface area contributed by atoms with Gasteiger partial charge in [0.15, 0.2) is 5.78 Å². The first-order valence-corrected chi connectivity index (χ1v) is 10.7. The molecule has 1 aliphatic heterocycles. The molecule has 0 aliphatic carbocycles. The van der Waals surface area contributed by atoms with Crippen molar-refractivity contribution < 1.29 is 9.53 Å². The van der Waals surface area contributed by atoms with Crippen molar-refractivity contribution >= 4 is 5.78 Å². The van der Waals surface area contributed by atoms with Gasteiger partial charge in [0, 0.05) is 24.6 Å². The molecule has 30 heavy (non-hydrogen) atoms. The van der Waals surface area contributed by atoms with E-state index in [-0.39, 0.29) is 17.7 Å². The van der Waals surface area contributed by atoms with E-state index >= 15 is 0 Å². The summed E-state index contributed by atoms with van der Waals surface area (Å²) in [6.07, 6.45) is 0. The zero-order chi connectivity index (χ0) is 21.0. The highest BCUT2D eigenvalue weighted by Gasteiger charge is 2.45. The fraction of sp³-hybridized carbons (Fsp3) is 0.296. The normalized spacial score (nSPS) is 23.1. The average molecular weight is 400 g/mol. The van der Waals surface area contributed by atoms with Crippen molar-refractivity contribution in [2.45, 2.75) is 25.5 Å².